The Morgan fingerprint density at radius 3 is 2.62 bits per heavy atom. The van der Waals surface area contributed by atoms with Crippen LogP contribution in [0.1, 0.15) is 0 Å². The molecule has 0 aromatic heterocycles. The molecule has 0 saturated carbocycles. The average molecular weight is 136 g/mol. The van der Waals surface area contributed by atoms with Crippen LogP contribution in [0.2, 0.25) is 0 Å². The summed E-state index contributed by atoms with van der Waals surface area (Å²) in [6.07, 6.45) is 0.406. The van der Waals surface area contributed by atoms with Gasteiger partial charge in [-0.2, -0.15) is 0 Å². The molecule has 3 nitrogen and oxygen atoms in total. The molecule has 4 heteroatoms. The van der Waals surface area contributed by atoms with Crippen molar-refractivity contribution in [3.8, 4) is 0 Å². The Labute approximate surface area is 48.1 Å². The van der Waals surface area contributed by atoms with Gasteiger partial charge in [0.2, 0.25) is 0 Å². The number of rotatable bonds is 2. The van der Waals surface area contributed by atoms with Gasteiger partial charge in [0, 0.05) is 6.66 Å². The van der Waals surface area contributed by atoms with Crippen LogP contribution in [0.25, 0.3) is 0 Å². The van der Waals surface area contributed by atoms with Crippen molar-refractivity contribution in [2.75, 3.05) is 19.4 Å². The van der Waals surface area contributed by atoms with E-state index in [1.807, 2.05) is 0 Å². The normalized spacial score (nSPS) is 34.0. The summed E-state index contributed by atoms with van der Waals surface area (Å²) in [5, 5.41) is 0. The molecule has 1 N–H and O–H groups in total. The summed E-state index contributed by atoms with van der Waals surface area (Å²) in [5.74, 6) is 0. The monoisotopic (exact) mass is 136 g/mol. The molecule has 1 aliphatic rings. The molecule has 0 radical (unpaired) electrons. The molecular formula is C4H9O3P. The van der Waals surface area contributed by atoms with Crippen molar-refractivity contribution in [1.29, 1.82) is 0 Å². The molecule has 1 aliphatic heterocycles. The molecule has 0 amide bonds. The number of hydrogen-bond acceptors (Lipinski definition) is 2. The Hall–Kier alpha value is 0.150. The van der Waals surface area contributed by atoms with Crippen LogP contribution < -0.4 is 0 Å². The van der Waals surface area contributed by atoms with Gasteiger partial charge in [-0.15, -0.1) is 0 Å². The Balaban J connectivity index is 2.26. The van der Waals surface area contributed by atoms with E-state index < -0.39 is 7.37 Å². The van der Waals surface area contributed by atoms with Gasteiger partial charge in [0.15, 0.2) is 7.37 Å². The van der Waals surface area contributed by atoms with Crippen LogP contribution in [0.15, 0.2) is 0 Å². The molecule has 0 bridgehead atoms. The van der Waals surface area contributed by atoms with E-state index in [2.05, 4.69) is 0 Å². The average Bonchev–Trinajstić information content (AvgIpc) is 2.12. The lowest BCUT2D eigenvalue weighted by molar-refractivity contribution is 0.413. The lowest BCUT2D eigenvalue weighted by Crippen LogP contribution is -1.93. The molecular weight excluding hydrogens is 127 g/mol. The number of epoxide rings is 1. The molecule has 0 aliphatic carbocycles. The van der Waals surface area contributed by atoms with Gasteiger partial charge in [0.05, 0.1) is 18.9 Å². The topological polar surface area (TPSA) is 49.8 Å². The van der Waals surface area contributed by atoms with Crippen LogP contribution in [-0.2, 0) is 9.30 Å². The summed E-state index contributed by atoms with van der Waals surface area (Å²) < 4.78 is 15.3. The van der Waals surface area contributed by atoms with Gasteiger partial charge in [-0.1, -0.05) is 0 Å². The Morgan fingerprint density at radius 1 is 2.00 bits per heavy atom. The standard InChI is InChI=1S/C4H9O3P/c1-8(5,6)3-4-2-7-4/h4H,2-3H2,1H3,(H,5,6). The minimum absolute atomic E-state index is 0.0795. The van der Waals surface area contributed by atoms with Crippen LogP contribution in [-0.4, -0.2) is 30.4 Å². The van der Waals surface area contributed by atoms with E-state index in [-0.39, 0.29) is 6.10 Å². The van der Waals surface area contributed by atoms with Crippen molar-refractivity contribution < 1.29 is 14.2 Å². The third kappa shape index (κ3) is 2.46. The second-order valence-corrected chi connectivity index (χ2v) is 4.66. The second kappa shape index (κ2) is 1.83. The zero-order valence-electron chi connectivity index (χ0n) is 4.70. The van der Waals surface area contributed by atoms with Gasteiger partial charge in [0.1, 0.15) is 0 Å². The zero-order chi connectivity index (χ0) is 6.20. The smallest absolute Gasteiger partial charge is 0.200 e. The fourth-order valence-electron chi connectivity index (χ4n) is 0.551. The van der Waals surface area contributed by atoms with E-state index in [1.54, 1.807) is 0 Å². The van der Waals surface area contributed by atoms with Gasteiger partial charge in [-0.25, -0.2) is 0 Å². The highest BCUT2D eigenvalue weighted by Gasteiger charge is 2.28. The first-order chi connectivity index (χ1) is 3.58. The van der Waals surface area contributed by atoms with Crippen molar-refractivity contribution in [3.63, 3.8) is 0 Å². The van der Waals surface area contributed by atoms with E-state index in [9.17, 15) is 4.57 Å². The fraction of sp³-hybridized carbons (Fsp3) is 1.00. The van der Waals surface area contributed by atoms with Gasteiger partial charge in [-0.05, 0) is 0 Å². The molecule has 1 heterocycles. The Bertz CT molecular complexity index is 123. The van der Waals surface area contributed by atoms with Crippen LogP contribution in [0, 0.1) is 0 Å². The maximum atomic E-state index is 10.5. The maximum Gasteiger partial charge on any atom is 0.200 e. The predicted molar refractivity (Wildman–Crippen MR) is 30.4 cm³/mol. The third-order valence-electron chi connectivity index (χ3n) is 0.945. The van der Waals surface area contributed by atoms with Crippen LogP contribution >= 0.6 is 7.37 Å². The van der Waals surface area contributed by atoms with Gasteiger partial charge >= 0.3 is 0 Å². The van der Waals surface area contributed by atoms with Crippen LogP contribution in [0.3, 0.4) is 0 Å². The molecule has 8 heavy (non-hydrogen) atoms. The number of hydrogen-bond donors (Lipinski definition) is 1. The molecule has 2 unspecified atom stereocenters. The molecule has 1 rings (SSSR count). The maximum absolute atomic E-state index is 10.5. The lowest BCUT2D eigenvalue weighted by atomic mass is 10.6. The SMILES string of the molecule is CP(=O)(O)CC1CO1. The Kier molecular flexibility index (Phi) is 1.44. The first-order valence-electron chi connectivity index (χ1n) is 2.49. The van der Waals surface area contributed by atoms with E-state index in [0.29, 0.717) is 12.8 Å². The second-order valence-electron chi connectivity index (χ2n) is 2.19. The molecule has 48 valence electrons. The summed E-state index contributed by atoms with van der Waals surface area (Å²) in [6, 6.07) is 0. The van der Waals surface area contributed by atoms with Crippen molar-refractivity contribution in [1.82, 2.24) is 0 Å². The lowest BCUT2D eigenvalue weighted by Gasteiger charge is -1.98. The molecule has 1 fully saturated rings. The van der Waals surface area contributed by atoms with Crippen LogP contribution in [0.4, 0.5) is 0 Å². The van der Waals surface area contributed by atoms with E-state index in [0.717, 1.165) is 0 Å². The molecule has 1 saturated heterocycles. The quantitative estimate of drug-likeness (QED) is 0.438. The van der Waals surface area contributed by atoms with E-state index in [4.69, 9.17) is 9.63 Å². The fourth-order valence-corrected chi connectivity index (χ4v) is 1.52. The van der Waals surface area contributed by atoms with Gasteiger partial charge < -0.3 is 9.63 Å². The van der Waals surface area contributed by atoms with Crippen molar-refractivity contribution in [3.05, 3.63) is 0 Å². The molecule has 0 spiro atoms. The highest BCUT2D eigenvalue weighted by Crippen LogP contribution is 2.38. The summed E-state index contributed by atoms with van der Waals surface area (Å²) in [4.78, 5) is 8.70. The molecule has 0 aromatic rings. The van der Waals surface area contributed by atoms with E-state index in [1.165, 1.54) is 6.66 Å². The van der Waals surface area contributed by atoms with Crippen molar-refractivity contribution in [2.24, 2.45) is 0 Å². The molecule has 0 aromatic carbocycles. The summed E-state index contributed by atoms with van der Waals surface area (Å²) in [6.45, 7) is 2.02. The van der Waals surface area contributed by atoms with Gasteiger partial charge in [0.25, 0.3) is 0 Å². The predicted octanol–water partition coefficient (Wildman–Crippen LogP) is 0.285. The molecule has 2 atom stereocenters. The third-order valence-corrected chi connectivity index (χ3v) is 2.03. The van der Waals surface area contributed by atoms with Crippen molar-refractivity contribution >= 4 is 7.37 Å². The summed E-state index contributed by atoms with van der Waals surface area (Å²) in [7, 11) is -2.78. The summed E-state index contributed by atoms with van der Waals surface area (Å²) in [5.41, 5.74) is 0. The highest BCUT2D eigenvalue weighted by molar-refractivity contribution is 7.57. The zero-order valence-corrected chi connectivity index (χ0v) is 5.60. The first kappa shape index (κ1) is 6.27. The largest absolute Gasteiger partial charge is 0.373 e. The minimum atomic E-state index is -2.78. The van der Waals surface area contributed by atoms with E-state index >= 15 is 0 Å². The Morgan fingerprint density at radius 2 is 2.50 bits per heavy atom. The van der Waals surface area contributed by atoms with Gasteiger partial charge in [-0.3, -0.25) is 4.57 Å². The highest BCUT2D eigenvalue weighted by atomic mass is 31.2. The number of ether oxygens (including phenoxy) is 1. The van der Waals surface area contributed by atoms with Crippen molar-refractivity contribution in [2.45, 2.75) is 6.10 Å². The minimum Gasteiger partial charge on any atom is -0.373 e. The van der Waals surface area contributed by atoms with Crippen LogP contribution in [0.5, 0.6) is 0 Å². The summed E-state index contributed by atoms with van der Waals surface area (Å²) >= 11 is 0. The first-order valence-corrected chi connectivity index (χ1v) is 4.78.